The number of aliphatic hydroxyl groups excluding tert-OH is 1. The summed E-state index contributed by atoms with van der Waals surface area (Å²) in [7, 11) is -0.683. The Kier molecular flexibility index (Phi) is 5.70. The second kappa shape index (κ2) is 6.67. The summed E-state index contributed by atoms with van der Waals surface area (Å²) >= 11 is 0. The highest BCUT2D eigenvalue weighted by Crippen LogP contribution is 2.24. The zero-order valence-electron chi connectivity index (χ0n) is 12.7. The van der Waals surface area contributed by atoms with E-state index in [4.69, 9.17) is 4.74 Å². The van der Waals surface area contributed by atoms with E-state index in [1.807, 2.05) is 19.1 Å². The van der Waals surface area contributed by atoms with Gasteiger partial charge >= 0.3 is 0 Å². The maximum atomic E-state index is 12.6. The number of methoxy groups -OCH3 is 1. The topological polar surface area (TPSA) is 66.8 Å². The van der Waals surface area contributed by atoms with Crippen molar-refractivity contribution in [3.63, 3.8) is 0 Å². The van der Waals surface area contributed by atoms with Crippen LogP contribution in [0, 0.1) is 20.8 Å². The van der Waals surface area contributed by atoms with Crippen LogP contribution in [0.3, 0.4) is 0 Å². The summed E-state index contributed by atoms with van der Waals surface area (Å²) in [5.41, 5.74) is 2.46. The molecular formula is C14H23NO4S. The van der Waals surface area contributed by atoms with Crippen molar-refractivity contribution in [2.45, 2.75) is 31.8 Å². The summed E-state index contributed by atoms with van der Waals surface area (Å²) in [6.07, 6.45) is -0.842. The van der Waals surface area contributed by atoms with E-state index in [0.29, 0.717) is 4.90 Å². The molecule has 5 nitrogen and oxygen atoms in total. The third kappa shape index (κ3) is 3.79. The minimum absolute atomic E-state index is 0.00291. The molecule has 0 heterocycles. The molecule has 0 saturated heterocycles. The second-order valence-electron chi connectivity index (χ2n) is 5.12. The Morgan fingerprint density at radius 2 is 1.75 bits per heavy atom. The highest BCUT2D eigenvalue weighted by Gasteiger charge is 2.26. The molecule has 1 rings (SSSR count). The first-order valence-electron chi connectivity index (χ1n) is 6.41. The number of likely N-dealkylation sites (N-methyl/N-ethyl adjacent to an activating group) is 1. The van der Waals surface area contributed by atoms with Crippen molar-refractivity contribution in [1.29, 1.82) is 0 Å². The van der Waals surface area contributed by atoms with Gasteiger partial charge in [0.2, 0.25) is 10.0 Å². The molecule has 1 aromatic rings. The number of rotatable bonds is 6. The number of ether oxygens (including phenoxy) is 1. The fraction of sp³-hybridized carbons (Fsp3) is 0.571. The number of hydrogen-bond donors (Lipinski definition) is 1. The molecule has 0 aromatic heterocycles. The molecule has 1 atom stereocenters. The van der Waals surface area contributed by atoms with Gasteiger partial charge in [-0.2, -0.15) is 4.31 Å². The average Bonchev–Trinajstić information content (AvgIpc) is 2.26. The molecule has 0 saturated carbocycles. The Labute approximate surface area is 121 Å². The van der Waals surface area contributed by atoms with Crippen molar-refractivity contribution in [3.8, 4) is 0 Å². The lowest BCUT2D eigenvalue weighted by Gasteiger charge is -2.22. The van der Waals surface area contributed by atoms with Gasteiger partial charge in [0.25, 0.3) is 0 Å². The first-order chi connectivity index (χ1) is 9.20. The molecule has 1 unspecified atom stereocenters. The highest BCUT2D eigenvalue weighted by molar-refractivity contribution is 7.89. The molecule has 0 amide bonds. The van der Waals surface area contributed by atoms with Crippen molar-refractivity contribution in [3.05, 3.63) is 28.8 Å². The van der Waals surface area contributed by atoms with Crippen LogP contribution >= 0.6 is 0 Å². The number of aryl methyl sites for hydroxylation is 3. The summed E-state index contributed by atoms with van der Waals surface area (Å²) in [4.78, 5) is 0.315. The Hall–Kier alpha value is -0.950. The summed E-state index contributed by atoms with van der Waals surface area (Å²) in [6.45, 7) is 5.61. The van der Waals surface area contributed by atoms with Crippen LogP contribution in [0.1, 0.15) is 16.7 Å². The van der Waals surface area contributed by atoms with Crippen LogP contribution < -0.4 is 0 Å². The van der Waals surface area contributed by atoms with Gasteiger partial charge in [-0.1, -0.05) is 17.7 Å². The van der Waals surface area contributed by atoms with E-state index in [-0.39, 0.29) is 13.2 Å². The quantitative estimate of drug-likeness (QED) is 0.858. The van der Waals surface area contributed by atoms with Gasteiger partial charge in [0.1, 0.15) is 0 Å². The predicted octanol–water partition coefficient (Wildman–Crippen LogP) is 1.24. The van der Waals surface area contributed by atoms with Gasteiger partial charge in [-0.15, -0.1) is 0 Å². The van der Waals surface area contributed by atoms with E-state index in [0.717, 1.165) is 16.7 Å². The summed E-state index contributed by atoms with van der Waals surface area (Å²) in [6, 6.07) is 3.69. The normalized spacial score (nSPS) is 13.8. The van der Waals surface area contributed by atoms with Crippen LogP contribution in [-0.4, -0.2) is 51.2 Å². The van der Waals surface area contributed by atoms with Crippen LogP contribution in [0.2, 0.25) is 0 Å². The van der Waals surface area contributed by atoms with Crippen molar-refractivity contribution >= 4 is 10.0 Å². The Balaban J connectivity index is 3.11. The Morgan fingerprint density at radius 1 is 1.25 bits per heavy atom. The molecule has 114 valence electrons. The van der Waals surface area contributed by atoms with E-state index < -0.39 is 16.1 Å². The summed E-state index contributed by atoms with van der Waals surface area (Å²) in [5, 5.41) is 9.68. The zero-order chi connectivity index (χ0) is 15.5. The van der Waals surface area contributed by atoms with Crippen molar-refractivity contribution in [2.75, 3.05) is 27.3 Å². The standard InChI is InChI=1S/C14H23NO4S/c1-10-6-11(2)14(12(3)7-10)20(17,18)15(4)8-13(16)9-19-5/h6-7,13,16H,8-9H2,1-5H3. The molecule has 0 aliphatic rings. The summed E-state index contributed by atoms with van der Waals surface area (Å²) in [5.74, 6) is 0. The fourth-order valence-electron chi connectivity index (χ4n) is 2.37. The first kappa shape index (κ1) is 17.1. The molecule has 0 spiro atoms. The molecule has 0 bridgehead atoms. The van der Waals surface area contributed by atoms with Gasteiger partial charge in [-0.25, -0.2) is 8.42 Å². The Morgan fingerprint density at radius 3 is 2.20 bits per heavy atom. The molecule has 0 aliphatic carbocycles. The third-order valence-corrected chi connectivity index (χ3v) is 5.23. The lowest BCUT2D eigenvalue weighted by molar-refractivity contribution is 0.0554. The largest absolute Gasteiger partial charge is 0.389 e. The van der Waals surface area contributed by atoms with E-state index in [1.54, 1.807) is 13.8 Å². The monoisotopic (exact) mass is 301 g/mol. The Bertz CT molecular complexity index is 546. The number of sulfonamides is 1. The molecule has 6 heteroatoms. The van der Waals surface area contributed by atoms with Gasteiger partial charge in [-0.3, -0.25) is 0 Å². The van der Waals surface area contributed by atoms with Gasteiger partial charge in [-0.05, 0) is 31.9 Å². The smallest absolute Gasteiger partial charge is 0.243 e. The predicted molar refractivity (Wildman–Crippen MR) is 78.4 cm³/mol. The lowest BCUT2D eigenvalue weighted by Crippen LogP contribution is -2.36. The van der Waals surface area contributed by atoms with E-state index in [9.17, 15) is 13.5 Å². The van der Waals surface area contributed by atoms with Crippen molar-refractivity contribution in [1.82, 2.24) is 4.31 Å². The van der Waals surface area contributed by atoms with Crippen molar-refractivity contribution < 1.29 is 18.3 Å². The number of hydrogen-bond acceptors (Lipinski definition) is 4. The highest BCUT2D eigenvalue weighted by atomic mass is 32.2. The van der Waals surface area contributed by atoms with E-state index in [1.165, 1.54) is 18.5 Å². The van der Waals surface area contributed by atoms with Gasteiger partial charge in [0, 0.05) is 20.7 Å². The van der Waals surface area contributed by atoms with E-state index >= 15 is 0 Å². The molecule has 0 radical (unpaired) electrons. The van der Waals surface area contributed by atoms with Crippen molar-refractivity contribution in [2.24, 2.45) is 0 Å². The van der Waals surface area contributed by atoms with Crippen LogP contribution in [0.4, 0.5) is 0 Å². The van der Waals surface area contributed by atoms with Crippen LogP contribution in [-0.2, 0) is 14.8 Å². The number of aliphatic hydroxyl groups is 1. The maximum absolute atomic E-state index is 12.6. The molecule has 1 N–H and O–H groups in total. The molecule has 20 heavy (non-hydrogen) atoms. The minimum Gasteiger partial charge on any atom is -0.389 e. The molecule has 0 aliphatic heterocycles. The average molecular weight is 301 g/mol. The number of nitrogens with zero attached hydrogens (tertiary/aromatic N) is 1. The lowest BCUT2D eigenvalue weighted by atomic mass is 10.1. The van der Waals surface area contributed by atoms with Crippen LogP contribution in [0.5, 0.6) is 0 Å². The third-order valence-electron chi connectivity index (χ3n) is 3.10. The van der Waals surface area contributed by atoms with Gasteiger partial charge in [0.05, 0.1) is 17.6 Å². The molecule has 0 fully saturated rings. The molecule has 1 aromatic carbocycles. The van der Waals surface area contributed by atoms with E-state index in [2.05, 4.69) is 0 Å². The van der Waals surface area contributed by atoms with Gasteiger partial charge in [0.15, 0.2) is 0 Å². The maximum Gasteiger partial charge on any atom is 0.243 e. The van der Waals surface area contributed by atoms with Crippen LogP contribution in [0.25, 0.3) is 0 Å². The number of benzene rings is 1. The second-order valence-corrected chi connectivity index (χ2v) is 7.10. The first-order valence-corrected chi connectivity index (χ1v) is 7.85. The molecular weight excluding hydrogens is 278 g/mol. The minimum atomic E-state index is -3.61. The zero-order valence-corrected chi connectivity index (χ0v) is 13.5. The SMILES string of the molecule is COCC(O)CN(C)S(=O)(=O)c1c(C)cc(C)cc1C. The summed E-state index contributed by atoms with van der Waals surface area (Å²) < 4.78 is 31.2. The van der Waals surface area contributed by atoms with Crippen LogP contribution in [0.15, 0.2) is 17.0 Å². The fourth-order valence-corrected chi connectivity index (χ4v) is 3.98. The van der Waals surface area contributed by atoms with Gasteiger partial charge < -0.3 is 9.84 Å².